The topological polar surface area (TPSA) is 0 Å². The molecule has 0 aromatic carbocycles. The minimum atomic E-state index is 1.00. The second-order valence-electron chi connectivity index (χ2n) is 7.33. The number of rotatable bonds is 18. The molecule has 22 heavy (non-hydrogen) atoms. The van der Waals surface area contributed by atoms with E-state index in [1.165, 1.54) is 109 Å². The zero-order valence-electron chi connectivity index (χ0n) is 16.0. The molecule has 0 aliphatic heterocycles. The normalized spacial score (nSPS) is 12.7. The summed E-state index contributed by atoms with van der Waals surface area (Å²) in [6, 6.07) is 0. The largest absolute Gasteiger partial charge is 0.0654 e. The molecular formula is C22H45. The summed E-state index contributed by atoms with van der Waals surface area (Å²) in [4.78, 5) is 0. The smallest absolute Gasteiger partial charge is 0.0414 e. The molecule has 0 bridgehead atoms. The monoisotopic (exact) mass is 309 g/mol. The Bertz CT molecular complexity index is 184. The Kier molecular flexibility index (Phi) is 19.0. The molecule has 0 heterocycles. The maximum Gasteiger partial charge on any atom is -0.0414 e. The van der Waals surface area contributed by atoms with Gasteiger partial charge >= 0.3 is 0 Å². The van der Waals surface area contributed by atoms with Crippen molar-refractivity contribution >= 4 is 0 Å². The first-order chi connectivity index (χ1) is 10.8. The van der Waals surface area contributed by atoms with Crippen molar-refractivity contribution in [3.63, 3.8) is 0 Å². The van der Waals surface area contributed by atoms with E-state index in [1.54, 1.807) is 0 Å². The summed E-state index contributed by atoms with van der Waals surface area (Å²) >= 11 is 0. The highest BCUT2D eigenvalue weighted by Gasteiger charge is 2.08. The van der Waals surface area contributed by atoms with E-state index in [9.17, 15) is 0 Å². The van der Waals surface area contributed by atoms with Gasteiger partial charge in [0.15, 0.2) is 0 Å². The average Bonchev–Trinajstić information content (AvgIpc) is 2.54. The van der Waals surface area contributed by atoms with Crippen LogP contribution in [0.4, 0.5) is 0 Å². The molecule has 0 spiro atoms. The number of hydrogen-bond donors (Lipinski definition) is 0. The van der Waals surface area contributed by atoms with Gasteiger partial charge in [-0.2, -0.15) is 0 Å². The zero-order chi connectivity index (χ0) is 16.3. The van der Waals surface area contributed by atoms with Crippen molar-refractivity contribution in [2.24, 2.45) is 5.92 Å². The summed E-state index contributed by atoms with van der Waals surface area (Å²) < 4.78 is 0. The molecule has 0 heteroatoms. The Balaban J connectivity index is 3.56. The lowest BCUT2D eigenvalue weighted by Crippen LogP contribution is -2.01. The van der Waals surface area contributed by atoms with Crippen LogP contribution in [0, 0.1) is 12.8 Å². The molecule has 0 aliphatic rings. The number of hydrogen-bond acceptors (Lipinski definition) is 0. The third-order valence-electron chi connectivity index (χ3n) is 5.04. The lowest BCUT2D eigenvalue weighted by atomic mass is 9.90. The van der Waals surface area contributed by atoms with Crippen molar-refractivity contribution in [1.29, 1.82) is 0 Å². The van der Waals surface area contributed by atoms with Gasteiger partial charge in [-0.1, -0.05) is 136 Å². The van der Waals surface area contributed by atoms with Gasteiger partial charge < -0.3 is 0 Å². The van der Waals surface area contributed by atoms with Gasteiger partial charge in [-0.05, 0) is 5.92 Å². The maximum atomic E-state index is 4.03. The molecule has 0 amide bonds. The van der Waals surface area contributed by atoms with Crippen molar-refractivity contribution in [3.8, 4) is 0 Å². The van der Waals surface area contributed by atoms with Gasteiger partial charge in [-0.3, -0.25) is 0 Å². The molecule has 0 N–H and O–H groups in total. The third-order valence-corrected chi connectivity index (χ3v) is 5.04. The summed E-state index contributed by atoms with van der Waals surface area (Å²) in [6.07, 6.45) is 25.7. The summed E-state index contributed by atoms with van der Waals surface area (Å²) in [7, 11) is 0. The summed E-state index contributed by atoms with van der Waals surface area (Å²) in [5, 5.41) is 0. The highest BCUT2D eigenvalue weighted by molar-refractivity contribution is 4.62. The van der Waals surface area contributed by atoms with Gasteiger partial charge in [0.05, 0.1) is 0 Å². The average molecular weight is 310 g/mol. The maximum absolute atomic E-state index is 4.03. The second-order valence-corrected chi connectivity index (χ2v) is 7.33. The van der Waals surface area contributed by atoms with Crippen molar-refractivity contribution in [3.05, 3.63) is 6.92 Å². The first-order valence-corrected chi connectivity index (χ1v) is 10.6. The molecule has 0 aliphatic carbocycles. The van der Waals surface area contributed by atoms with Gasteiger partial charge in [-0.15, -0.1) is 0 Å². The molecule has 1 unspecified atom stereocenters. The van der Waals surface area contributed by atoms with Gasteiger partial charge in [0.1, 0.15) is 0 Å². The Morgan fingerprint density at radius 2 is 0.864 bits per heavy atom. The van der Waals surface area contributed by atoms with Crippen LogP contribution < -0.4 is 0 Å². The van der Waals surface area contributed by atoms with Crippen molar-refractivity contribution < 1.29 is 0 Å². The molecule has 0 rings (SSSR count). The van der Waals surface area contributed by atoms with Crippen LogP contribution >= 0.6 is 0 Å². The SMILES string of the molecule is [CH2]CCCC(CCCCCCCC)CCCCCCCCC. The van der Waals surface area contributed by atoms with Gasteiger partial charge in [-0.25, -0.2) is 0 Å². The fourth-order valence-corrected chi connectivity index (χ4v) is 3.47. The van der Waals surface area contributed by atoms with Crippen LogP contribution in [-0.2, 0) is 0 Å². The fraction of sp³-hybridized carbons (Fsp3) is 0.955. The van der Waals surface area contributed by atoms with Crippen molar-refractivity contribution in [2.75, 3.05) is 0 Å². The highest BCUT2D eigenvalue weighted by Crippen LogP contribution is 2.23. The van der Waals surface area contributed by atoms with Gasteiger partial charge in [0.25, 0.3) is 0 Å². The van der Waals surface area contributed by atoms with Crippen LogP contribution in [0.3, 0.4) is 0 Å². The second kappa shape index (κ2) is 19.0. The molecule has 0 saturated heterocycles. The van der Waals surface area contributed by atoms with Crippen LogP contribution in [0.25, 0.3) is 0 Å². The van der Waals surface area contributed by atoms with Crippen molar-refractivity contribution in [2.45, 2.75) is 129 Å². The molecule has 0 fully saturated rings. The lowest BCUT2D eigenvalue weighted by molar-refractivity contribution is 0.373. The zero-order valence-corrected chi connectivity index (χ0v) is 16.0. The molecule has 133 valence electrons. The predicted molar refractivity (Wildman–Crippen MR) is 103 cm³/mol. The summed E-state index contributed by atoms with van der Waals surface area (Å²) in [5.41, 5.74) is 0. The summed E-state index contributed by atoms with van der Waals surface area (Å²) in [6.45, 7) is 8.63. The molecule has 0 aromatic rings. The molecule has 1 radical (unpaired) electrons. The lowest BCUT2D eigenvalue weighted by Gasteiger charge is -2.16. The first kappa shape index (κ1) is 22.0. The Morgan fingerprint density at radius 3 is 1.27 bits per heavy atom. The third kappa shape index (κ3) is 16.4. The van der Waals surface area contributed by atoms with E-state index in [-0.39, 0.29) is 0 Å². The molecule has 0 aromatic heterocycles. The van der Waals surface area contributed by atoms with Crippen LogP contribution in [0.1, 0.15) is 129 Å². The predicted octanol–water partition coefficient (Wildman–Crippen LogP) is 8.50. The van der Waals surface area contributed by atoms with E-state index in [4.69, 9.17) is 0 Å². The number of unbranched alkanes of at least 4 members (excludes halogenated alkanes) is 12. The molecular weight excluding hydrogens is 264 g/mol. The quantitative estimate of drug-likeness (QED) is 0.223. The van der Waals surface area contributed by atoms with Crippen LogP contribution in [0.15, 0.2) is 0 Å². The van der Waals surface area contributed by atoms with E-state index < -0.39 is 0 Å². The van der Waals surface area contributed by atoms with Crippen LogP contribution in [0.5, 0.6) is 0 Å². The highest BCUT2D eigenvalue weighted by atomic mass is 14.1. The van der Waals surface area contributed by atoms with E-state index in [0.717, 1.165) is 12.3 Å². The van der Waals surface area contributed by atoms with Crippen LogP contribution in [0.2, 0.25) is 0 Å². The van der Waals surface area contributed by atoms with E-state index in [0.29, 0.717) is 0 Å². The van der Waals surface area contributed by atoms with Crippen molar-refractivity contribution in [1.82, 2.24) is 0 Å². The first-order valence-electron chi connectivity index (χ1n) is 10.6. The van der Waals surface area contributed by atoms with E-state index >= 15 is 0 Å². The minimum absolute atomic E-state index is 1.00. The van der Waals surface area contributed by atoms with E-state index in [1.807, 2.05) is 0 Å². The summed E-state index contributed by atoms with van der Waals surface area (Å²) in [5.74, 6) is 1.00. The molecule has 0 nitrogen and oxygen atoms in total. The van der Waals surface area contributed by atoms with Crippen LogP contribution in [-0.4, -0.2) is 0 Å². The minimum Gasteiger partial charge on any atom is -0.0654 e. The Labute approximate surface area is 142 Å². The van der Waals surface area contributed by atoms with Gasteiger partial charge in [0.2, 0.25) is 0 Å². The van der Waals surface area contributed by atoms with E-state index in [2.05, 4.69) is 20.8 Å². The molecule has 0 saturated carbocycles. The fourth-order valence-electron chi connectivity index (χ4n) is 3.47. The van der Waals surface area contributed by atoms with Gasteiger partial charge in [0, 0.05) is 0 Å². The Morgan fingerprint density at radius 1 is 0.500 bits per heavy atom. The standard InChI is InChI=1S/C22H45/c1-4-7-10-12-14-16-18-21-22(19-9-6-3)20-17-15-13-11-8-5-2/h22H,3-21H2,1-2H3. The Hall–Kier alpha value is 0. The molecule has 1 atom stereocenters.